The average Bonchev–Trinajstić information content (AvgIpc) is 3.32. The first-order valence-corrected chi connectivity index (χ1v) is 9.22. The third kappa shape index (κ3) is 3.89. The zero-order valence-electron chi connectivity index (χ0n) is 16.1. The molecule has 1 saturated heterocycles. The number of amides is 1. The zero-order valence-corrected chi connectivity index (χ0v) is 16.1. The highest BCUT2D eigenvalue weighted by atomic mass is 19.1. The first-order valence-electron chi connectivity index (χ1n) is 9.22. The van der Waals surface area contributed by atoms with E-state index in [0.717, 1.165) is 11.3 Å². The molecule has 2 atom stereocenters. The SMILES string of the molecule is COc1ccnc(NC[C@@H]2CC(=O)N(C)[C@H]2c2cnn(-c3ccc(F)cc3)c2)n1. The van der Waals surface area contributed by atoms with Crippen LogP contribution in [0.2, 0.25) is 0 Å². The topological polar surface area (TPSA) is 85.2 Å². The van der Waals surface area contributed by atoms with E-state index in [4.69, 9.17) is 4.74 Å². The summed E-state index contributed by atoms with van der Waals surface area (Å²) in [6, 6.07) is 7.65. The van der Waals surface area contributed by atoms with Crippen LogP contribution in [0.15, 0.2) is 48.9 Å². The van der Waals surface area contributed by atoms with Crippen LogP contribution in [0.4, 0.5) is 10.3 Å². The number of hydrogen-bond donors (Lipinski definition) is 1. The minimum atomic E-state index is -0.298. The fraction of sp³-hybridized carbons (Fsp3) is 0.300. The number of nitrogens with zero attached hydrogens (tertiary/aromatic N) is 5. The third-order valence-corrected chi connectivity index (χ3v) is 5.09. The molecule has 0 saturated carbocycles. The summed E-state index contributed by atoms with van der Waals surface area (Å²) in [6.07, 6.45) is 5.66. The van der Waals surface area contributed by atoms with E-state index >= 15 is 0 Å². The third-order valence-electron chi connectivity index (χ3n) is 5.09. The fourth-order valence-corrected chi connectivity index (χ4v) is 3.62. The number of benzene rings is 1. The molecule has 1 aliphatic rings. The number of ether oxygens (including phenoxy) is 1. The highest BCUT2D eigenvalue weighted by Crippen LogP contribution is 2.37. The van der Waals surface area contributed by atoms with E-state index in [1.165, 1.54) is 12.1 Å². The van der Waals surface area contributed by atoms with Gasteiger partial charge in [0.25, 0.3) is 0 Å². The second-order valence-corrected chi connectivity index (χ2v) is 6.91. The van der Waals surface area contributed by atoms with Gasteiger partial charge >= 0.3 is 0 Å². The van der Waals surface area contributed by atoms with Crippen LogP contribution in [0, 0.1) is 11.7 Å². The summed E-state index contributed by atoms with van der Waals surface area (Å²) in [4.78, 5) is 22.5. The molecule has 2 aromatic heterocycles. The van der Waals surface area contributed by atoms with Crippen molar-refractivity contribution < 1.29 is 13.9 Å². The van der Waals surface area contributed by atoms with Gasteiger partial charge < -0.3 is 15.0 Å². The lowest BCUT2D eigenvalue weighted by atomic mass is 9.96. The number of likely N-dealkylation sites (tertiary alicyclic amines) is 1. The van der Waals surface area contributed by atoms with Crippen LogP contribution in [0.3, 0.4) is 0 Å². The number of anilines is 1. The molecule has 0 aliphatic carbocycles. The molecule has 1 amide bonds. The predicted molar refractivity (Wildman–Crippen MR) is 104 cm³/mol. The van der Waals surface area contributed by atoms with Crippen LogP contribution in [0.5, 0.6) is 5.88 Å². The quantitative estimate of drug-likeness (QED) is 0.689. The summed E-state index contributed by atoms with van der Waals surface area (Å²) in [5, 5.41) is 7.59. The number of nitrogens with one attached hydrogen (secondary N) is 1. The van der Waals surface area contributed by atoms with Gasteiger partial charge in [0.05, 0.1) is 25.0 Å². The first kappa shape index (κ1) is 18.9. The molecule has 29 heavy (non-hydrogen) atoms. The van der Waals surface area contributed by atoms with Crippen molar-refractivity contribution in [3.8, 4) is 11.6 Å². The highest BCUT2D eigenvalue weighted by Gasteiger charge is 2.39. The number of hydrogen-bond acceptors (Lipinski definition) is 6. The molecule has 0 bridgehead atoms. The summed E-state index contributed by atoms with van der Waals surface area (Å²) in [7, 11) is 3.34. The van der Waals surface area contributed by atoms with Crippen molar-refractivity contribution >= 4 is 11.9 Å². The molecule has 0 unspecified atom stereocenters. The number of methoxy groups -OCH3 is 1. The van der Waals surface area contributed by atoms with Crippen LogP contribution >= 0.6 is 0 Å². The van der Waals surface area contributed by atoms with Crippen molar-refractivity contribution in [3.63, 3.8) is 0 Å². The zero-order chi connectivity index (χ0) is 20.4. The molecule has 0 spiro atoms. The van der Waals surface area contributed by atoms with E-state index in [2.05, 4.69) is 20.4 Å². The van der Waals surface area contributed by atoms with Gasteiger partial charge in [-0.3, -0.25) is 4.79 Å². The van der Waals surface area contributed by atoms with E-state index in [-0.39, 0.29) is 23.7 Å². The lowest BCUT2D eigenvalue weighted by Crippen LogP contribution is -2.26. The van der Waals surface area contributed by atoms with Crippen LogP contribution in [-0.4, -0.2) is 51.3 Å². The molecule has 1 aromatic carbocycles. The van der Waals surface area contributed by atoms with Gasteiger partial charge in [0.1, 0.15) is 5.82 Å². The van der Waals surface area contributed by atoms with E-state index in [0.29, 0.717) is 24.8 Å². The van der Waals surface area contributed by atoms with E-state index in [1.807, 2.05) is 6.20 Å². The van der Waals surface area contributed by atoms with Crippen LogP contribution in [0.25, 0.3) is 5.69 Å². The van der Waals surface area contributed by atoms with Gasteiger partial charge in [-0.1, -0.05) is 0 Å². The van der Waals surface area contributed by atoms with Gasteiger partial charge in [0.15, 0.2) is 0 Å². The lowest BCUT2D eigenvalue weighted by Gasteiger charge is -2.24. The molecule has 150 valence electrons. The second-order valence-electron chi connectivity index (χ2n) is 6.91. The molecule has 0 radical (unpaired) electrons. The van der Waals surface area contributed by atoms with Crippen LogP contribution < -0.4 is 10.1 Å². The summed E-state index contributed by atoms with van der Waals surface area (Å²) in [5.41, 5.74) is 1.67. The van der Waals surface area contributed by atoms with Crippen molar-refractivity contribution in [1.82, 2.24) is 24.6 Å². The van der Waals surface area contributed by atoms with Gasteiger partial charge in [0.2, 0.25) is 17.7 Å². The molecule has 3 heterocycles. The molecule has 1 N–H and O–H groups in total. The summed E-state index contributed by atoms with van der Waals surface area (Å²) in [5.74, 6) is 0.718. The Kier molecular flexibility index (Phi) is 5.11. The Morgan fingerprint density at radius 2 is 2.07 bits per heavy atom. The van der Waals surface area contributed by atoms with Gasteiger partial charge in [-0.15, -0.1) is 0 Å². The molecule has 1 aliphatic heterocycles. The Labute approximate surface area is 167 Å². The summed E-state index contributed by atoms with van der Waals surface area (Å²) < 4.78 is 20.0. The Bertz CT molecular complexity index is 1010. The fourth-order valence-electron chi connectivity index (χ4n) is 3.62. The van der Waals surface area contributed by atoms with Crippen molar-refractivity contribution in [2.75, 3.05) is 26.0 Å². The standard InChI is InChI=1S/C20H21FN6O2/c1-26-18(28)9-13(10-23-20-22-8-7-17(25-20)29-2)19(26)14-11-24-27(12-14)16-5-3-15(21)4-6-16/h3-8,11-13,19H,9-10H2,1-2H3,(H,22,23,25)/t13-,19+/m0/s1. The molecule has 1 fully saturated rings. The van der Waals surface area contributed by atoms with Crippen molar-refractivity contribution in [3.05, 3.63) is 60.3 Å². The summed E-state index contributed by atoms with van der Waals surface area (Å²) >= 11 is 0. The molecular weight excluding hydrogens is 375 g/mol. The Balaban J connectivity index is 1.52. The van der Waals surface area contributed by atoms with Gasteiger partial charge in [-0.25, -0.2) is 14.1 Å². The largest absolute Gasteiger partial charge is 0.481 e. The van der Waals surface area contributed by atoms with Crippen molar-refractivity contribution in [1.29, 1.82) is 0 Å². The smallest absolute Gasteiger partial charge is 0.225 e. The molecule has 8 nitrogen and oxygen atoms in total. The van der Waals surface area contributed by atoms with E-state index in [9.17, 15) is 9.18 Å². The first-order chi connectivity index (χ1) is 14.0. The van der Waals surface area contributed by atoms with Crippen molar-refractivity contribution in [2.24, 2.45) is 5.92 Å². The Hall–Kier alpha value is -3.49. The minimum Gasteiger partial charge on any atom is -0.481 e. The maximum atomic E-state index is 13.2. The van der Waals surface area contributed by atoms with Crippen LogP contribution in [0.1, 0.15) is 18.0 Å². The van der Waals surface area contributed by atoms with E-state index in [1.54, 1.807) is 54.3 Å². The maximum absolute atomic E-state index is 13.2. The Morgan fingerprint density at radius 3 is 2.83 bits per heavy atom. The van der Waals surface area contributed by atoms with Crippen LogP contribution in [-0.2, 0) is 4.79 Å². The number of halogens is 1. The van der Waals surface area contributed by atoms with Gasteiger partial charge in [0, 0.05) is 50.0 Å². The number of carbonyl (C=O) groups excluding carboxylic acids is 1. The van der Waals surface area contributed by atoms with Crippen molar-refractivity contribution in [2.45, 2.75) is 12.5 Å². The number of carbonyl (C=O) groups is 1. The second kappa shape index (κ2) is 7.86. The maximum Gasteiger partial charge on any atom is 0.225 e. The summed E-state index contributed by atoms with van der Waals surface area (Å²) in [6.45, 7) is 0.523. The molecule has 3 aromatic rings. The normalized spacial score (nSPS) is 18.9. The van der Waals surface area contributed by atoms with Gasteiger partial charge in [-0.2, -0.15) is 10.1 Å². The number of rotatable bonds is 6. The predicted octanol–water partition coefficient (Wildman–Crippen LogP) is 2.44. The molecule has 9 heteroatoms. The van der Waals surface area contributed by atoms with E-state index < -0.39 is 0 Å². The minimum absolute atomic E-state index is 0.0215. The number of aromatic nitrogens is 4. The van der Waals surface area contributed by atoms with Gasteiger partial charge in [-0.05, 0) is 24.3 Å². The molecular formula is C20H21FN6O2. The highest BCUT2D eigenvalue weighted by molar-refractivity contribution is 5.79. The average molecular weight is 396 g/mol. The molecule has 4 rings (SSSR count). The lowest BCUT2D eigenvalue weighted by molar-refractivity contribution is -0.127. The monoisotopic (exact) mass is 396 g/mol. The Morgan fingerprint density at radius 1 is 1.28 bits per heavy atom.